The van der Waals surface area contributed by atoms with Crippen LogP contribution in [0.5, 0.6) is 0 Å². The third kappa shape index (κ3) is 1.54. The summed E-state index contributed by atoms with van der Waals surface area (Å²) in [6.07, 6.45) is 5.14. The fourth-order valence-electron chi connectivity index (χ4n) is 1.74. The third-order valence-corrected chi connectivity index (χ3v) is 2.36. The number of ether oxygens (including phenoxy) is 1. The summed E-state index contributed by atoms with van der Waals surface area (Å²) in [4.78, 5) is 4.23. The van der Waals surface area contributed by atoms with E-state index < -0.39 is 0 Å². The quantitative estimate of drug-likeness (QED) is 0.749. The van der Waals surface area contributed by atoms with E-state index in [0.29, 0.717) is 5.82 Å². The van der Waals surface area contributed by atoms with Gasteiger partial charge in [0.05, 0.1) is 6.20 Å². The monoisotopic (exact) mass is 181 g/mol. The van der Waals surface area contributed by atoms with Crippen molar-refractivity contribution < 1.29 is 4.74 Å². The zero-order valence-electron chi connectivity index (χ0n) is 7.86. The normalized spacial score (nSPS) is 22.4. The van der Waals surface area contributed by atoms with Crippen LogP contribution < -0.4 is 5.73 Å². The molecule has 13 heavy (non-hydrogen) atoms. The van der Waals surface area contributed by atoms with Crippen molar-refractivity contribution in [3.63, 3.8) is 0 Å². The highest BCUT2D eigenvalue weighted by Crippen LogP contribution is 2.25. The average molecular weight is 181 g/mol. The van der Waals surface area contributed by atoms with Gasteiger partial charge in [0.2, 0.25) is 0 Å². The molecule has 0 bridgehead atoms. The molecule has 1 aromatic heterocycles. The van der Waals surface area contributed by atoms with Crippen LogP contribution in [-0.2, 0) is 11.2 Å². The van der Waals surface area contributed by atoms with Gasteiger partial charge in [-0.1, -0.05) is 6.92 Å². The summed E-state index contributed by atoms with van der Waals surface area (Å²) in [7, 11) is 0. The summed E-state index contributed by atoms with van der Waals surface area (Å²) >= 11 is 0. The lowest BCUT2D eigenvalue weighted by molar-refractivity contribution is 0.0544. The van der Waals surface area contributed by atoms with Gasteiger partial charge in [-0.2, -0.15) is 0 Å². The summed E-state index contributed by atoms with van der Waals surface area (Å²) in [5.74, 6) is 1.61. The first-order valence-corrected chi connectivity index (χ1v) is 4.76. The van der Waals surface area contributed by atoms with Gasteiger partial charge < -0.3 is 15.0 Å². The van der Waals surface area contributed by atoms with Gasteiger partial charge in [-0.3, -0.25) is 0 Å². The lowest BCUT2D eigenvalue weighted by Crippen LogP contribution is -2.09. The fourth-order valence-corrected chi connectivity index (χ4v) is 1.74. The van der Waals surface area contributed by atoms with Crippen molar-refractivity contribution in [1.82, 2.24) is 9.55 Å². The summed E-state index contributed by atoms with van der Waals surface area (Å²) in [6.45, 7) is 2.93. The molecule has 4 heteroatoms. The van der Waals surface area contributed by atoms with E-state index in [1.165, 1.54) is 0 Å². The number of rotatable bonds is 2. The van der Waals surface area contributed by atoms with Crippen molar-refractivity contribution in [1.29, 1.82) is 0 Å². The molecule has 2 heterocycles. The number of nitrogens with two attached hydrogens (primary N) is 1. The Morgan fingerprint density at radius 2 is 2.62 bits per heavy atom. The molecule has 1 aliphatic heterocycles. The molecule has 72 valence electrons. The number of hydrogen-bond donors (Lipinski definition) is 1. The van der Waals surface area contributed by atoms with Crippen molar-refractivity contribution in [3.05, 3.63) is 12.0 Å². The van der Waals surface area contributed by atoms with Crippen LogP contribution in [0.1, 0.15) is 31.8 Å². The van der Waals surface area contributed by atoms with E-state index in [0.717, 1.165) is 31.7 Å². The van der Waals surface area contributed by atoms with Crippen LogP contribution >= 0.6 is 0 Å². The molecule has 2 N–H and O–H groups in total. The zero-order chi connectivity index (χ0) is 9.26. The predicted octanol–water partition coefficient (Wildman–Crippen LogP) is 1.34. The number of hydrogen-bond acceptors (Lipinski definition) is 3. The molecule has 0 radical (unpaired) electrons. The minimum absolute atomic E-state index is 0.166. The Balaban J connectivity index is 2.26. The molecule has 0 saturated carbocycles. The van der Waals surface area contributed by atoms with Crippen molar-refractivity contribution in [2.24, 2.45) is 0 Å². The van der Waals surface area contributed by atoms with Gasteiger partial charge in [0, 0.05) is 13.0 Å². The summed E-state index contributed by atoms with van der Waals surface area (Å²) < 4.78 is 7.62. The maximum absolute atomic E-state index is 5.64. The van der Waals surface area contributed by atoms with Crippen molar-refractivity contribution in [2.45, 2.75) is 32.4 Å². The molecule has 4 nitrogen and oxygen atoms in total. The SMILES string of the molecule is CCc1nc(N)cn1C1CCCO1. The van der Waals surface area contributed by atoms with Crippen LogP contribution in [-0.4, -0.2) is 16.2 Å². The standard InChI is InChI=1S/C9H15N3O/c1-2-8-11-7(10)6-12(8)9-4-3-5-13-9/h6,9H,2-5,10H2,1H3. The Labute approximate surface area is 77.7 Å². The Kier molecular flexibility index (Phi) is 2.22. The number of aryl methyl sites for hydroxylation is 1. The Morgan fingerprint density at radius 3 is 3.23 bits per heavy atom. The van der Waals surface area contributed by atoms with E-state index in [4.69, 9.17) is 10.5 Å². The minimum Gasteiger partial charge on any atom is -0.382 e. The van der Waals surface area contributed by atoms with Crippen LogP contribution in [0.4, 0.5) is 5.82 Å². The van der Waals surface area contributed by atoms with Gasteiger partial charge in [0.1, 0.15) is 17.9 Å². The first-order chi connectivity index (χ1) is 6.31. The molecule has 1 fully saturated rings. The Hall–Kier alpha value is -1.03. The Morgan fingerprint density at radius 1 is 1.77 bits per heavy atom. The van der Waals surface area contributed by atoms with Gasteiger partial charge >= 0.3 is 0 Å². The van der Waals surface area contributed by atoms with Crippen LogP contribution in [0.3, 0.4) is 0 Å². The molecule has 0 aliphatic carbocycles. The molecule has 2 rings (SSSR count). The first kappa shape index (κ1) is 8.56. The van der Waals surface area contributed by atoms with E-state index in [2.05, 4.69) is 16.5 Å². The lowest BCUT2D eigenvalue weighted by Gasteiger charge is -2.13. The molecule has 0 spiro atoms. The van der Waals surface area contributed by atoms with Gasteiger partial charge in [0.15, 0.2) is 0 Å². The van der Waals surface area contributed by atoms with Crippen LogP contribution in [0.15, 0.2) is 6.20 Å². The molecule has 0 aromatic carbocycles. The fraction of sp³-hybridized carbons (Fsp3) is 0.667. The maximum atomic E-state index is 5.64. The summed E-state index contributed by atoms with van der Waals surface area (Å²) in [5.41, 5.74) is 5.64. The second kappa shape index (κ2) is 3.38. The molecular formula is C9H15N3O. The molecule has 0 amide bonds. The van der Waals surface area contributed by atoms with E-state index in [-0.39, 0.29) is 6.23 Å². The minimum atomic E-state index is 0.166. The van der Waals surface area contributed by atoms with Gasteiger partial charge in [-0.15, -0.1) is 0 Å². The number of anilines is 1. The lowest BCUT2D eigenvalue weighted by atomic mass is 10.3. The largest absolute Gasteiger partial charge is 0.382 e. The molecule has 1 atom stereocenters. The summed E-state index contributed by atoms with van der Waals surface area (Å²) in [5, 5.41) is 0. The van der Waals surface area contributed by atoms with Crippen molar-refractivity contribution in [2.75, 3.05) is 12.3 Å². The van der Waals surface area contributed by atoms with E-state index in [1.54, 1.807) is 0 Å². The Bertz CT molecular complexity index is 289. The molecule has 1 aliphatic rings. The first-order valence-electron chi connectivity index (χ1n) is 4.76. The topological polar surface area (TPSA) is 53.1 Å². The highest BCUT2D eigenvalue weighted by Gasteiger charge is 2.19. The van der Waals surface area contributed by atoms with Crippen molar-refractivity contribution >= 4 is 5.82 Å². The number of nitrogen functional groups attached to an aromatic ring is 1. The predicted molar refractivity (Wildman–Crippen MR) is 50.2 cm³/mol. The molecule has 1 saturated heterocycles. The zero-order valence-corrected chi connectivity index (χ0v) is 7.86. The highest BCUT2D eigenvalue weighted by atomic mass is 16.5. The summed E-state index contributed by atoms with van der Waals surface area (Å²) in [6, 6.07) is 0. The van der Waals surface area contributed by atoms with Gasteiger partial charge in [-0.25, -0.2) is 4.98 Å². The molecular weight excluding hydrogens is 166 g/mol. The number of nitrogens with zero attached hydrogens (tertiary/aromatic N) is 2. The molecule has 1 aromatic rings. The van der Waals surface area contributed by atoms with Gasteiger partial charge in [0.25, 0.3) is 0 Å². The van der Waals surface area contributed by atoms with Crippen LogP contribution in [0.2, 0.25) is 0 Å². The third-order valence-electron chi connectivity index (χ3n) is 2.36. The van der Waals surface area contributed by atoms with Crippen molar-refractivity contribution in [3.8, 4) is 0 Å². The number of aromatic nitrogens is 2. The molecule has 1 unspecified atom stereocenters. The van der Waals surface area contributed by atoms with E-state index in [9.17, 15) is 0 Å². The second-order valence-electron chi connectivity index (χ2n) is 3.31. The number of imidazole rings is 1. The maximum Gasteiger partial charge on any atom is 0.142 e. The average Bonchev–Trinajstić information content (AvgIpc) is 2.71. The van der Waals surface area contributed by atoms with Gasteiger partial charge in [-0.05, 0) is 12.8 Å². The van der Waals surface area contributed by atoms with E-state index >= 15 is 0 Å². The van der Waals surface area contributed by atoms with Crippen LogP contribution in [0.25, 0.3) is 0 Å². The highest BCUT2D eigenvalue weighted by molar-refractivity contribution is 5.26. The smallest absolute Gasteiger partial charge is 0.142 e. The van der Waals surface area contributed by atoms with Crippen LogP contribution in [0, 0.1) is 0 Å². The second-order valence-corrected chi connectivity index (χ2v) is 3.31. The van der Waals surface area contributed by atoms with E-state index in [1.807, 2.05) is 6.20 Å².